The molecule has 0 spiro atoms. The Hall–Kier alpha value is -4.92. The van der Waals surface area contributed by atoms with Gasteiger partial charge in [0.15, 0.2) is 11.5 Å². The van der Waals surface area contributed by atoms with Crippen LogP contribution in [0.15, 0.2) is 60.0 Å². The van der Waals surface area contributed by atoms with Gasteiger partial charge in [-0.2, -0.15) is 4.98 Å². The number of nitrogens with zero attached hydrogens (tertiary/aromatic N) is 8. The Labute approximate surface area is 308 Å². The van der Waals surface area contributed by atoms with Crippen LogP contribution in [0.3, 0.4) is 0 Å². The third kappa shape index (κ3) is 6.86. The number of carbonyl (C=O) groups excluding carboxylic acids is 2. The minimum Gasteiger partial charge on any atom is -0.384 e. The molecule has 4 aromatic rings. The van der Waals surface area contributed by atoms with Crippen LogP contribution in [0.1, 0.15) is 56.7 Å². The first-order chi connectivity index (χ1) is 25.7. The molecular formula is C39H48N10O4. The minimum absolute atomic E-state index is 0.132. The number of likely N-dealkylation sites (tertiary alicyclic amines) is 1. The topological polar surface area (TPSA) is 154 Å². The zero-order valence-electron chi connectivity index (χ0n) is 30.3. The van der Waals surface area contributed by atoms with Gasteiger partial charge in [-0.3, -0.25) is 29.5 Å². The maximum absolute atomic E-state index is 13.5. The highest BCUT2D eigenvalue weighted by atomic mass is 16.3. The molecule has 3 aliphatic heterocycles. The van der Waals surface area contributed by atoms with E-state index in [9.17, 15) is 19.5 Å². The first-order valence-electron chi connectivity index (χ1n) is 19.0. The van der Waals surface area contributed by atoms with Gasteiger partial charge in [0, 0.05) is 56.7 Å². The molecule has 2 amide bonds. The number of hydrogen-bond donors (Lipinski definition) is 3. The van der Waals surface area contributed by atoms with E-state index in [1.165, 1.54) is 0 Å². The second-order valence-corrected chi connectivity index (χ2v) is 14.9. The summed E-state index contributed by atoms with van der Waals surface area (Å²) in [5.41, 5.74) is 2.88. The molecule has 4 aliphatic rings. The molecule has 1 unspecified atom stereocenters. The van der Waals surface area contributed by atoms with Crippen LogP contribution in [0.4, 0.5) is 17.3 Å². The molecule has 3 N–H and O–H groups in total. The Morgan fingerprint density at radius 2 is 1.75 bits per heavy atom. The number of hydrogen-bond acceptors (Lipinski definition) is 11. The summed E-state index contributed by atoms with van der Waals surface area (Å²) in [5.74, 6) is 1.21. The van der Waals surface area contributed by atoms with Crippen molar-refractivity contribution in [2.75, 3.05) is 56.0 Å². The molecule has 1 aromatic carbocycles. The summed E-state index contributed by atoms with van der Waals surface area (Å²) >= 11 is 0. The molecule has 278 valence electrons. The second-order valence-electron chi connectivity index (χ2n) is 14.9. The number of aryl methyl sites for hydroxylation is 1. The van der Waals surface area contributed by atoms with Gasteiger partial charge in [-0.25, -0.2) is 19.3 Å². The Kier molecular flexibility index (Phi) is 9.60. The molecule has 0 saturated carbocycles. The fourth-order valence-corrected chi connectivity index (χ4v) is 8.53. The maximum Gasteiger partial charge on any atom is 0.278 e. The fraction of sp³-hybridized carbons (Fsp3) is 0.487. The smallest absolute Gasteiger partial charge is 0.278 e. The molecule has 14 nitrogen and oxygen atoms in total. The molecule has 0 radical (unpaired) electrons. The van der Waals surface area contributed by atoms with E-state index in [0.717, 1.165) is 82.0 Å². The Balaban J connectivity index is 0.900. The lowest BCUT2D eigenvalue weighted by molar-refractivity contribution is -0.138. The lowest BCUT2D eigenvalue weighted by Crippen LogP contribution is -2.55. The lowest BCUT2D eigenvalue weighted by Gasteiger charge is -2.41. The molecule has 53 heavy (non-hydrogen) atoms. The number of rotatable bonds is 10. The van der Waals surface area contributed by atoms with E-state index in [2.05, 4.69) is 49.0 Å². The number of anilines is 3. The van der Waals surface area contributed by atoms with Gasteiger partial charge >= 0.3 is 0 Å². The molecular weight excluding hydrogens is 672 g/mol. The molecule has 8 rings (SSSR count). The standard InChI is InChI=1S/C39H48N10O4/c1-3-17-48-37(52)30-24-40-38(44-35(30)49(48)32-11-5-27-13-16-39(53,4-2)34(27)42-32)41-28-6-8-29(9-7-28)46-22-20-45(21-23-46)25-26-14-18-47(19-15-26)31-10-12-33(50)43-36(31)51/h3,5-9,11,24,26,31,53H,1,4,10,12-23,25H2,2H3,(H,40,41,44)(H,43,50,51)/t31?,39-/m1/s1. The Morgan fingerprint density at radius 3 is 2.47 bits per heavy atom. The summed E-state index contributed by atoms with van der Waals surface area (Å²) in [4.78, 5) is 58.7. The number of aromatic nitrogens is 5. The van der Waals surface area contributed by atoms with Crippen LogP contribution >= 0.6 is 0 Å². The first kappa shape index (κ1) is 35.1. The number of amides is 2. The van der Waals surface area contributed by atoms with Gasteiger partial charge in [-0.15, -0.1) is 6.58 Å². The third-order valence-electron chi connectivity index (χ3n) is 11.7. The quantitative estimate of drug-likeness (QED) is 0.164. The summed E-state index contributed by atoms with van der Waals surface area (Å²) in [5, 5.41) is 17.4. The van der Waals surface area contributed by atoms with Gasteiger partial charge in [0.2, 0.25) is 17.8 Å². The van der Waals surface area contributed by atoms with Crippen molar-refractivity contribution in [1.29, 1.82) is 0 Å². The van der Waals surface area contributed by atoms with E-state index < -0.39 is 5.60 Å². The number of piperazine rings is 1. The van der Waals surface area contributed by atoms with Crippen molar-refractivity contribution in [1.82, 2.24) is 39.4 Å². The van der Waals surface area contributed by atoms with Crippen molar-refractivity contribution in [2.24, 2.45) is 5.92 Å². The number of aliphatic hydroxyl groups is 1. The number of nitrogens with one attached hydrogen (secondary N) is 2. The van der Waals surface area contributed by atoms with E-state index in [1.54, 1.807) is 21.6 Å². The van der Waals surface area contributed by atoms with Crippen LogP contribution in [-0.2, 0) is 28.2 Å². The molecule has 3 aromatic heterocycles. The van der Waals surface area contributed by atoms with Gasteiger partial charge in [0.25, 0.3) is 5.56 Å². The molecule has 0 bridgehead atoms. The van der Waals surface area contributed by atoms with E-state index in [-0.39, 0.29) is 30.0 Å². The third-order valence-corrected chi connectivity index (χ3v) is 11.7. The number of benzene rings is 1. The van der Waals surface area contributed by atoms with Gasteiger partial charge in [0.1, 0.15) is 11.0 Å². The highest BCUT2D eigenvalue weighted by molar-refractivity contribution is 6.00. The average Bonchev–Trinajstić information content (AvgIpc) is 3.65. The molecule has 3 saturated heterocycles. The average molecular weight is 721 g/mol. The monoisotopic (exact) mass is 720 g/mol. The van der Waals surface area contributed by atoms with Crippen molar-refractivity contribution in [3.05, 3.63) is 76.9 Å². The van der Waals surface area contributed by atoms with Crippen LogP contribution in [0.25, 0.3) is 16.9 Å². The second kappa shape index (κ2) is 14.5. The number of carbonyl (C=O) groups is 2. The van der Waals surface area contributed by atoms with E-state index in [1.807, 2.05) is 31.2 Å². The van der Waals surface area contributed by atoms with E-state index >= 15 is 0 Å². The number of piperidine rings is 2. The largest absolute Gasteiger partial charge is 0.384 e. The molecule has 1 aliphatic carbocycles. The highest BCUT2D eigenvalue weighted by Crippen LogP contribution is 2.38. The highest BCUT2D eigenvalue weighted by Gasteiger charge is 2.37. The molecule has 14 heteroatoms. The summed E-state index contributed by atoms with van der Waals surface area (Å²) in [6, 6.07) is 12.0. The van der Waals surface area contributed by atoms with Crippen molar-refractivity contribution in [2.45, 2.75) is 70.1 Å². The zero-order valence-corrected chi connectivity index (χ0v) is 30.3. The van der Waals surface area contributed by atoms with Crippen LogP contribution in [0, 0.1) is 5.92 Å². The first-order valence-corrected chi connectivity index (χ1v) is 19.0. The maximum atomic E-state index is 13.5. The fourth-order valence-electron chi connectivity index (χ4n) is 8.53. The van der Waals surface area contributed by atoms with Crippen molar-refractivity contribution >= 4 is 40.2 Å². The van der Waals surface area contributed by atoms with Crippen LogP contribution < -0.4 is 21.1 Å². The summed E-state index contributed by atoms with van der Waals surface area (Å²) in [7, 11) is 0. The SMILES string of the molecule is C=CCn1c(=O)c2cnc(Nc3ccc(N4CCN(CC5CCN(C6CCC(=O)NC6=O)CC5)CC4)cc3)nc2n1-c1ccc2c(n1)[C@@](O)(CC)CC2. The summed E-state index contributed by atoms with van der Waals surface area (Å²) in [6.07, 6.45) is 8.39. The number of imide groups is 1. The predicted octanol–water partition coefficient (Wildman–Crippen LogP) is 3.09. The van der Waals surface area contributed by atoms with Crippen molar-refractivity contribution in [3.63, 3.8) is 0 Å². The van der Waals surface area contributed by atoms with Gasteiger partial charge in [-0.1, -0.05) is 19.1 Å². The van der Waals surface area contributed by atoms with Gasteiger partial charge < -0.3 is 15.3 Å². The summed E-state index contributed by atoms with van der Waals surface area (Å²) < 4.78 is 3.25. The number of allylic oxidation sites excluding steroid dienone is 1. The zero-order chi connectivity index (χ0) is 36.7. The lowest BCUT2D eigenvalue weighted by atomic mass is 9.93. The minimum atomic E-state index is -0.986. The van der Waals surface area contributed by atoms with E-state index in [4.69, 9.17) is 9.97 Å². The molecule has 2 atom stereocenters. The van der Waals surface area contributed by atoms with Gasteiger partial charge in [-0.05, 0) is 93.4 Å². The Morgan fingerprint density at radius 1 is 0.981 bits per heavy atom. The summed E-state index contributed by atoms with van der Waals surface area (Å²) in [6.45, 7) is 12.9. The van der Waals surface area contributed by atoms with Crippen LogP contribution in [-0.4, -0.2) is 103 Å². The molecule has 3 fully saturated rings. The van der Waals surface area contributed by atoms with E-state index in [0.29, 0.717) is 60.1 Å². The predicted molar refractivity (Wildman–Crippen MR) is 202 cm³/mol. The van der Waals surface area contributed by atoms with Gasteiger partial charge in [0.05, 0.1) is 18.3 Å². The van der Waals surface area contributed by atoms with Crippen molar-refractivity contribution in [3.8, 4) is 5.82 Å². The number of pyridine rings is 1. The molecule has 6 heterocycles. The van der Waals surface area contributed by atoms with Crippen LogP contribution in [0.5, 0.6) is 0 Å². The Bertz CT molecular complexity index is 2080. The number of fused-ring (bicyclic) bond motifs is 2. The van der Waals surface area contributed by atoms with Crippen LogP contribution in [0.2, 0.25) is 0 Å². The van der Waals surface area contributed by atoms with Crippen molar-refractivity contribution < 1.29 is 14.7 Å². The normalized spacial score (nSPS) is 23.0.